The molecule has 0 aliphatic heterocycles. The highest BCUT2D eigenvalue weighted by atomic mass is 32.1. The molecule has 0 atom stereocenters. The average molecular weight is 288 g/mol. The first-order valence-corrected chi connectivity index (χ1v) is 7.50. The molecule has 2 aromatic heterocycles. The van der Waals surface area contributed by atoms with Crippen molar-refractivity contribution in [3.8, 4) is 0 Å². The third-order valence-corrected chi connectivity index (χ3v) is 4.14. The van der Waals surface area contributed by atoms with Crippen molar-refractivity contribution >= 4 is 17.2 Å². The number of aromatic nitrogens is 2. The van der Waals surface area contributed by atoms with Crippen molar-refractivity contribution in [3.63, 3.8) is 0 Å². The molecule has 5 nitrogen and oxygen atoms in total. The second-order valence-corrected chi connectivity index (χ2v) is 5.80. The first kappa shape index (κ1) is 13.2. The predicted octanol–water partition coefficient (Wildman–Crippen LogP) is 1.80. The van der Waals surface area contributed by atoms with Gasteiger partial charge < -0.3 is 10.6 Å². The third-order valence-electron chi connectivity index (χ3n) is 3.27. The Hall–Kier alpha value is -1.79. The standard InChI is InChI=1S/C14H16N4OS/c15-6-13-17-12(9-20-13)14(19)18(11-3-4-11)8-10-2-1-5-16-7-10/h1-2,5,7,9,11H,3-4,6,8,15H2. The van der Waals surface area contributed by atoms with Crippen LogP contribution in [-0.2, 0) is 13.1 Å². The molecule has 104 valence electrons. The normalized spacial score (nSPS) is 14.2. The van der Waals surface area contributed by atoms with E-state index in [1.165, 1.54) is 11.3 Å². The molecule has 2 aromatic rings. The molecule has 0 bridgehead atoms. The van der Waals surface area contributed by atoms with Crippen molar-refractivity contribution in [2.24, 2.45) is 5.73 Å². The van der Waals surface area contributed by atoms with E-state index in [2.05, 4.69) is 9.97 Å². The van der Waals surface area contributed by atoms with E-state index < -0.39 is 0 Å². The molecule has 0 saturated heterocycles. The van der Waals surface area contributed by atoms with E-state index in [1.807, 2.05) is 17.0 Å². The van der Waals surface area contributed by atoms with Gasteiger partial charge >= 0.3 is 0 Å². The molecule has 0 aromatic carbocycles. The van der Waals surface area contributed by atoms with Gasteiger partial charge in [0.25, 0.3) is 5.91 Å². The molecule has 1 aliphatic rings. The van der Waals surface area contributed by atoms with E-state index in [9.17, 15) is 4.79 Å². The first-order chi connectivity index (χ1) is 9.78. The second kappa shape index (κ2) is 5.68. The van der Waals surface area contributed by atoms with Gasteiger partial charge in [-0.05, 0) is 24.5 Å². The molecule has 2 heterocycles. The van der Waals surface area contributed by atoms with Crippen molar-refractivity contribution in [2.75, 3.05) is 0 Å². The molecular weight excluding hydrogens is 272 g/mol. The van der Waals surface area contributed by atoms with Crippen molar-refractivity contribution in [2.45, 2.75) is 32.0 Å². The minimum atomic E-state index is -0.00713. The van der Waals surface area contributed by atoms with E-state index >= 15 is 0 Å². The monoisotopic (exact) mass is 288 g/mol. The zero-order valence-electron chi connectivity index (χ0n) is 11.0. The quantitative estimate of drug-likeness (QED) is 0.910. The highest BCUT2D eigenvalue weighted by Crippen LogP contribution is 2.30. The van der Waals surface area contributed by atoms with Crippen LogP contribution >= 0.6 is 11.3 Å². The lowest BCUT2D eigenvalue weighted by Crippen LogP contribution is -2.32. The summed E-state index contributed by atoms with van der Waals surface area (Å²) in [6, 6.07) is 4.22. The highest BCUT2D eigenvalue weighted by molar-refractivity contribution is 7.09. The number of carbonyl (C=O) groups is 1. The van der Waals surface area contributed by atoms with Crippen molar-refractivity contribution in [1.29, 1.82) is 0 Å². The summed E-state index contributed by atoms with van der Waals surface area (Å²) in [7, 11) is 0. The topological polar surface area (TPSA) is 72.1 Å². The lowest BCUT2D eigenvalue weighted by atomic mass is 10.2. The lowest BCUT2D eigenvalue weighted by Gasteiger charge is -2.21. The Morgan fingerprint density at radius 2 is 2.35 bits per heavy atom. The molecule has 20 heavy (non-hydrogen) atoms. The fourth-order valence-corrected chi connectivity index (χ4v) is 2.74. The van der Waals surface area contributed by atoms with E-state index in [4.69, 9.17) is 5.73 Å². The van der Waals surface area contributed by atoms with E-state index in [1.54, 1.807) is 17.8 Å². The number of nitrogens with zero attached hydrogens (tertiary/aromatic N) is 3. The smallest absolute Gasteiger partial charge is 0.273 e. The molecule has 1 saturated carbocycles. The van der Waals surface area contributed by atoms with Crippen LogP contribution in [0.3, 0.4) is 0 Å². The summed E-state index contributed by atoms with van der Waals surface area (Å²) in [4.78, 5) is 22.9. The third kappa shape index (κ3) is 2.86. The zero-order valence-corrected chi connectivity index (χ0v) is 11.8. The number of nitrogens with two attached hydrogens (primary N) is 1. The number of carbonyl (C=O) groups excluding carboxylic acids is 1. The molecule has 6 heteroatoms. The molecule has 3 rings (SSSR count). The first-order valence-electron chi connectivity index (χ1n) is 6.62. The average Bonchev–Trinajstić information content (AvgIpc) is 3.21. The maximum absolute atomic E-state index is 12.6. The Balaban J connectivity index is 1.78. The SMILES string of the molecule is NCc1nc(C(=O)N(Cc2cccnc2)C2CC2)cs1. The van der Waals surface area contributed by atoms with Crippen LogP contribution in [0.2, 0.25) is 0 Å². The number of amides is 1. The largest absolute Gasteiger partial charge is 0.330 e. The fraction of sp³-hybridized carbons (Fsp3) is 0.357. The van der Waals surface area contributed by atoms with Gasteiger partial charge in [-0.25, -0.2) is 4.98 Å². The number of hydrogen-bond donors (Lipinski definition) is 1. The molecular formula is C14H16N4OS. The minimum absolute atomic E-state index is 0.00713. The maximum Gasteiger partial charge on any atom is 0.273 e. The van der Waals surface area contributed by atoms with Crippen molar-refractivity contribution < 1.29 is 4.79 Å². The molecule has 1 amide bonds. The molecule has 0 spiro atoms. The molecule has 1 fully saturated rings. The van der Waals surface area contributed by atoms with E-state index in [0.717, 1.165) is 23.4 Å². The number of rotatable bonds is 5. The van der Waals surface area contributed by atoms with Gasteiger partial charge in [0, 0.05) is 36.9 Å². The van der Waals surface area contributed by atoms with Gasteiger partial charge in [0.05, 0.1) is 0 Å². The number of thiazole rings is 1. The van der Waals surface area contributed by atoms with E-state index in [-0.39, 0.29) is 5.91 Å². The number of pyridine rings is 1. The van der Waals surface area contributed by atoms with Crippen molar-refractivity contribution in [3.05, 3.63) is 46.2 Å². The van der Waals surface area contributed by atoms with Gasteiger partial charge in [-0.2, -0.15) is 0 Å². The Bertz CT molecular complexity index is 594. The Labute approximate surface area is 121 Å². The van der Waals surface area contributed by atoms with Gasteiger partial charge in [0.1, 0.15) is 10.7 Å². The Morgan fingerprint density at radius 1 is 1.50 bits per heavy atom. The number of hydrogen-bond acceptors (Lipinski definition) is 5. The summed E-state index contributed by atoms with van der Waals surface area (Å²) < 4.78 is 0. The lowest BCUT2D eigenvalue weighted by molar-refractivity contribution is 0.0724. The zero-order chi connectivity index (χ0) is 13.9. The summed E-state index contributed by atoms with van der Waals surface area (Å²) in [5.41, 5.74) is 7.10. The molecule has 0 unspecified atom stereocenters. The second-order valence-electron chi connectivity index (χ2n) is 4.86. The summed E-state index contributed by atoms with van der Waals surface area (Å²) in [5.74, 6) is -0.00713. The summed E-state index contributed by atoms with van der Waals surface area (Å²) in [5, 5.41) is 2.59. The fourth-order valence-electron chi connectivity index (χ4n) is 2.09. The van der Waals surface area contributed by atoms with Crippen LogP contribution in [0.5, 0.6) is 0 Å². The van der Waals surface area contributed by atoms with Crippen LogP contribution in [0, 0.1) is 0 Å². The molecule has 0 radical (unpaired) electrons. The maximum atomic E-state index is 12.6. The minimum Gasteiger partial charge on any atom is -0.330 e. The van der Waals surface area contributed by atoms with Crippen LogP contribution in [0.4, 0.5) is 0 Å². The van der Waals surface area contributed by atoms with E-state index in [0.29, 0.717) is 24.8 Å². The van der Waals surface area contributed by atoms with Gasteiger partial charge in [0.15, 0.2) is 0 Å². The van der Waals surface area contributed by atoms with Crippen LogP contribution in [0.15, 0.2) is 29.9 Å². The predicted molar refractivity (Wildman–Crippen MR) is 77.1 cm³/mol. The molecule has 2 N–H and O–H groups in total. The Morgan fingerprint density at radius 3 is 2.95 bits per heavy atom. The summed E-state index contributed by atoms with van der Waals surface area (Å²) in [6.45, 7) is 0.969. The van der Waals surface area contributed by atoms with Gasteiger partial charge in [0.2, 0.25) is 0 Å². The van der Waals surface area contributed by atoms with Gasteiger partial charge in [-0.1, -0.05) is 6.07 Å². The van der Waals surface area contributed by atoms with Crippen LogP contribution < -0.4 is 5.73 Å². The van der Waals surface area contributed by atoms with Crippen LogP contribution in [-0.4, -0.2) is 26.8 Å². The summed E-state index contributed by atoms with van der Waals surface area (Å²) in [6.07, 6.45) is 5.68. The Kier molecular flexibility index (Phi) is 3.75. The summed E-state index contributed by atoms with van der Waals surface area (Å²) >= 11 is 1.44. The van der Waals surface area contributed by atoms with Gasteiger partial charge in [-0.15, -0.1) is 11.3 Å². The van der Waals surface area contributed by atoms with Crippen LogP contribution in [0.1, 0.15) is 33.9 Å². The van der Waals surface area contributed by atoms with Gasteiger partial charge in [-0.3, -0.25) is 9.78 Å². The molecule has 1 aliphatic carbocycles. The van der Waals surface area contributed by atoms with Crippen LogP contribution in [0.25, 0.3) is 0 Å². The highest BCUT2D eigenvalue weighted by Gasteiger charge is 2.33. The van der Waals surface area contributed by atoms with Crippen molar-refractivity contribution in [1.82, 2.24) is 14.9 Å².